The lowest BCUT2D eigenvalue weighted by atomic mass is 9.97. The Morgan fingerprint density at radius 1 is 1.06 bits per heavy atom. The zero-order valence-corrected chi connectivity index (χ0v) is 9.20. The number of nitrogens with zero attached hydrogens (tertiary/aromatic N) is 1. The van der Waals surface area contributed by atoms with Crippen LogP contribution in [0.1, 0.15) is 22.4 Å². The van der Waals surface area contributed by atoms with Crippen LogP contribution in [-0.2, 0) is 12.8 Å². The van der Waals surface area contributed by atoms with Gasteiger partial charge in [-0.1, -0.05) is 12.0 Å². The fourth-order valence-corrected chi connectivity index (χ4v) is 2.04. The van der Waals surface area contributed by atoms with Crippen molar-refractivity contribution in [3.63, 3.8) is 0 Å². The molecule has 3 rings (SSSR count). The molecule has 0 atom stereocenters. The Hall–Kier alpha value is -2.14. The van der Waals surface area contributed by atoms with Crippen molar-refractivity contribution in [3.05, 3.63) is 64.7 Å². The van der Waals surface area contributed by atoms with Crippen LogP contribution in [0, 0.1) is 17.7 Å². The number of hydrogen-bond acceptors (Lipinski definition) is 1. The second kappa shape index (κ2) is 4.03. The molecule has 0 amide bonds. The standard InChI is InChI=1S/C15H10FN/c16-14-7-5-11-6-8-15-12(2-1-9-17-15)3-4-13(11)10-14/h1-2,5,7,9-10H,3-4H2. The van der Waals surface area contributed by atoms with Gasteiger partial charge in [-0.3, -0.25) is 0 Å². The van der Waals surface area contributed by atoms with E-state index in [1.165, 1.54) is 6.07 Å². The van der Waals surface area contributed by atoms with E-state index in [4.69, 9.17) is 0 Å². The molecule has 0 unspecified atom stereocenters. The number of pyridine rings is 1. The molecular formula is C15H10FN. The Bertz CT molecular complexity index is 635. The summed E-state index contributed by atoms with van der Waals surface area (Å²) in [5.41, 5.74) is 3.85. The molecule has 0 fully saturated rings. The van der Waals surface area contributed by atoms with Crippen LogP contribution in [-0.4, -0.2) is 4.98 Å². The molecule has 1 nitrogen and oxygen atoms in total. The quantitative estimate of drug-likeness (QED) is 0.626. The highest BCUT2D eigenvalue weighted by atomic mass is 19.1. The highest BCUT2D eigenvalue weighted by Crippen LogP contribution is 2.17. The van der Waals surface area contributed by atoms with Gasteiger partial charge >= 0.3 is 0 Å². The zero-order chi connectivity index (χ0) is 11.7. The summed E-state index contributed by atoms with van der Waals surface area (Å²) in [5.74, 6) is 5.93. The minimum atomic E-state index is -0.197. The van der Waals surface area contributed by atoms with E-state index in [1.807, 2.05) is 12.1 Å². The van der Waals surface area contributed by atoms with Crippen LogP contribution in [0.2, 0.25) is 0 Å². The molecule has 0 aliphatic heterocycles. The Balaban J connectivity index is 2.14. The SMILES string of the molecule is Fc1ccc2c(c1)CCc1cccnc1C#C2. The number of rotatable bonds is 0. The molecule has 1 heterocycles. The lowest BCUT2D eigenvalue weighted by molar-refractivity contribution is 0.625. The van der Waals surface area contributed by atoms with Crippen LogP contribution in [0.4, 0.5) is 4.39 Å². The van der Waals surface area contributed by atoms with Crippen molar-refractivity contribution in [1.82, 2.24) is 4.98 Å². The second-order valence-electron chi connectivity index (χ2n) is 4.06. The van der Waals surface area contributed by atoms with E-state index in [-0.39, 0.29) is 5.82 Å². The number of hydrogen-bond donors (Lipinski definition) is 0. The molecule has 1 aromatic carbocycles. The molecule has 1 aromatic heterocycles. The van der Waals surface area contributed by atoms with E-state index >= 15 is 0 Å². The van der Waals surface area contributed by atoms with Gasteiger partial charge in [0.15, 0.2) is 0 Å². The molecular weight excluding hydrogens is 213 g/mol. The lowest BCUT2D eigenvalue weighted by Crippen LogP contribution is -2.01. The van der Waals surface area contributed by atoms with E-state index in [0.717, 1.165) is 35.2 Å². The topological polar surface area (TPSA) is 12.9 Å². The molecule has 82 valence electrons. The first-order chi connectivity index (χ1) is 8.33. The van der Waals surface area contributed by atoms with E-state index in [9.17, 15) is 4.39 Å². The van der Waals surface area contributed by atoms with Gasteiger partial charge in [-0.05, 0) is 54.2 Å². The van der Waals surface area contributed by atoms with Crippen LogP contribution < -0.4 is 0 Å². The van der Waals surface area contributed by atoms with Crippen molar-refractivity contribution in [2.45, 2.75) is 12.8 Å². The van der Waals surface area contributed by atoms with Crippen LogP contribution in [0.5, 0.6) is 0 Å². The lowest BCUT2D eigenvalue weighted by Gasteiger charge is -2.09. The number of fused-ring (bicyclic) bond motifs is 2. The first kappa shape index (κ1) is 10.0. The molecule has 2 aromatic rings. The van der Waals surface area contributed by atoms with E-state index < -0.39 is 0 Å². The monoisotopic (exact) mass is 223 g/mol. The van der Waals surface area contributed by atoms with Gasteiger partial charge in [0.05, 0.1) is 0 Å². The van der Waals surface area contributed by atoms with Gasteiger partial charge in [0, 0.05) is 11.8 Å². The van der Waals surface area contributed by atoms with E-state index in [2.05, 4.69) is 16.8 Å². The molecule has 0 saturated carbocycles. The number of benzene rings is 1. The van der Waals surface area contributed by atoms with Crippen LogP contribution >= 0.6 is 0 Å². The van der Waals surface area contributed by atoms with Gasteiger partial charge in [-0.25, -0.2) is 9.37 Å². The van der Waals surface area contributed by atoms with Crippen molar-refractivity contribution in [2.75, 3.05) is 0 Å². The smallest absolute Gasteiger partial charge is 0.123 e. The fraction of sp³-hybridized carbons (Fsp3) is 0.133. The van der Waals surface area contributed by atoms with Crippen molar-refractivity contribution in [3.8, 4) is 11.8 Å². The fourth-order valence-electron chi connectivity index (χ4n) is 2.04. The van der Waals surface area contributed by atoms with Crippen molar-refractivity contribution >= 4 is 0 Å². The maximum absolute atomic E-state index is 13.2. The second-order valence-corrected chi connectivity index (χ2v) is 4.06. The molecule has 2 heteroatoms. The van der Waals surface area contributed by atoms with Gasteiger partial charge in [0.25, 0.3) is 0 Å². The summed E-state index contributed by atoms with van der Waals surface area (Å²) >= 11 is 0. The van der Waals surface area contributed by atoms with Crippen molar-refractivity contribution in [1.29, 1.82) is 0 Å². The average molecular weight is 223 g/mol. The highest BCUT2D eigenvalue weighted by molar-refractivity contribution is 5.49. The molecule has 1 aliphatic rings. The van der Waals surface area contributed by atoms with E-state index in [0.29, 0.717) is 0 Å². The van der Waals surface area contributed by atoms with Crippen molar-refractivity contribution < 1.29 is 4.39 Å². The Kier molecular flexibility index (Phi) is 2.38. The Morgan fingerprint density at radius 2 is 1.94 bits per heavy atom. The van der Waals surface area contributed by atoms with Crippen LogP contribution in [0.3, 0.4) is 0 Å². The number of aromatic nitrogens is 1. The number of aryl methyl sites for hydroxylation is 2. The maximum atomic E-state index is 13.2. The summed E-state index contributed by atoms with van der Waals surface area (Å²) in [6, 6.07) is 8.71. The number of halogens is 1. The third kappa shape index (κ3) is 1.92. The molecule has 0 radical (unpaired) electrons. The summed E-state index contributed by atoms with van der Waals surface area (Å²) in [4.78, 5) is 4.26. The van der Waals surface area contributed by atoms with Gasteiger partial charge in [-0.15, -0.1) is 0 Å². The average Bonchev–Trinajstić information content (AvgIpc) is 2.33. The first-order valence-corrected chi connectivity index (χ1v) is 5.57. The summed E-state index contributed by atoms with van der Waals surface area (Å²) < 4.78 is 13.2. The van der Waals surface area contributed by atoms with Gasteiger partial charge in [0.2, 0.25) is 0 Å². The predicted molar refractivity (Wildman–Crippen MR) is 64.0 cm³/mol. The normalized spacial score (nSPS) is 12.5. The molecule has 0 saturated heterocycles. The zero-order valence-electron chi connectivity index (χ0n) is 9.20. The molecule has 0 spiro atoms. The minimum absolute atomic E-state index is 0.197. The molecule has 1 aliphatic carbocycles. The minimum Gasteiger partial charge on any atom is -0.247 e. The summed E-state index contributed by atoms with van der Waals surface area (Å²) in [7, 11) is 0. The first-order valence-electron chi connectivity index (χ1n) is 5.57. The largest absolute Gasteiger partial charge is 0.247 e. The van der Waals surface area contributed by atoms with Crippen LogP contribution in [0.25, 0.3) is 0 Å². The maximum Gasteiger partial charge on any atom is 0.123 e. The van der Waals surface area contributed by atoms with Crippen LogP contribution in [0.15, 0.2) is 36.5 Å². The molecule has 0 N–H and O–H groups in total. The molecule has 0 bridgehead atoms. The third-order valence-corrected chi connectivity index (χ3v) is 2.94. The summed E-state index contributed by atoms with van der Waals surface area (Å²) in [6.45, 7) is 0. The van der Waals surface area contributed by atoms with E-state index in [1.54, 1.807) is 18.3 Å². The van der Waals surface area contributed by atoms with Crippen molar-refractivity contribution in [2.24, 2.45) is 0 Å². The third-order valence-electron chi connectivity index (χ3n) is 2.94. The molecule has 17 heavy (non-hydrogen) atoms. The summed E-state index contributed by atoms with van der Waals surface area (Å²) in [5, 5.41) is 0. The van der Waals surface area contributed by atoms with Gasteiger partial charge < -0.3 is 0 Å². The van der Waals surface area contributed by atoms with Gasteiger partial charge in [-0.2, -0.15) is 0 Å². The Morgan fingerprint density at radius 3 is 2.88 bits per heavy atom. The summed E-state index contributed by atoms with van der Waals surface area (Å²) in [6.07, 6.45) is 3.41. The highest BCUT2D eigenvalue weighted by Gasteiger charge is 2.08. The predicted octanol–water partition coefficient (Wildman–Crippen LogP) is 2.72. The Labute approximate surface area is 99.3 Å². The van der Waals surface area contributed by atoms with Gasteiger partial charge in [0.1, 0.15) is 11.5 Å².